The maximum absolute atomic E-state index is 13.0. The van der Waals surface area contributed by atoms with E-state index in [-0.39, 0.29) is 21.3 Å². The van der Waals surface area contributed by atoms with Crippen LogP contribution < -0.4 is 10.0 Å². The number of rotatable bonds is 9. The lowest BCUT2D eigenvalue weighted by molar-refractivity contribution is -0.147. The number of aromatic nitrogens is 1. The number of carbonyl (C=O) groups is 2. The molecule has 16 heteroatoms. The van der Waals surface area contributed by atoms with Crippen LogP contribution in [-0.4, -0.2) is 53.9 Å². The molecule has 2 aliphatic rings. The summed E-state index contributed by atoms with van der Waals surface area (Å²) in [7, 11) is -4.67. The molecule has 3 N–H and O–H groups in total. The molecule has 1 heterocycles. The van der Waals surface area contributed by atoms with Crippen LogP contribution in [-0.2, 0) is 14.8 Å². The molecular weight excluding hydrogens is 634 g/mol. The Hall–Kier alpha value is -1.58. The molecule has 0 saturated heterocycles. The van der Waals surface area contributed by atoms with Crippen LogP contribution in [0.25, 0.3) is 10.4 Å². The largest absolute Gasteiger partial charge is 0.481 e. The molecule has 0 unspecified atom stereocenters. The van der Waals surface area contributed by atoms with Crippen molar-refractivity contribution in [2.24, 2.45) is 5.92 Å². The fourth-order valence-electron chi connectivity index (χ4n) is 4.46. The average molecular weight is 661 g/mol. The molecular formula is C24H26Cl2F3N3O5S3. The highest BCUT2D eigenvalue weighted by Crippen LogP contribution is 2.46. The Balaban J connectivity index is 1.65. The highest BCUT2D eigenvalue weighted by Gasteiger charge is 2.40. The van der Waals surface area contributed by atoms with E-state index in [1.165, 1.54) is 17.8 Å². The molecule has 0 bridgehead atoms. The van der Waals surface area contributed by atoms with E-state index in [4.69, 9.17) is 28.3 Å². The first-order valence-corrected chi connectivity index (χ1v) is 16.4. The Labute approximate surface area is 247 Å². The van der Waals surface area contributed by atoms with Crippen molar-refractivity contribution in [2.75, 3.05) is 0 Å². The van der Waals surface area contributed by atoms with Gasteiger partial charge in [-0.05, 0) is 38.7 Å². The van der Waals surface area contributed by atoms with E-state index in [9.17, 15) is 31.2 Å². The highest BCUT2D eigenvalue weighted by atomic mass is 35.5. The number of sulfonamides is 1. The predicted octanol–water partition coefficient (Wildman–Crippen LogP) is 6.36. The molecule has 220 valence electrons. The smallest absolute Gasteiger partial charge is 0.404 e. The Morgan fingerprint density at radius 2 is 1.80 bits per heavy atom. The molecule has 2 aliphatic carbocycles. The van der Waals surface area contributed by atoms with Gasteiger partial charge in [0.25, 0.3) is 5.91 Å². The van der Waals surface area contributed by atoms with Crippen LogP contribution in [0.15, 0.2) is 22.1 Å². The van der Waals surface area contributed by atoms with Gasteiger partial charge in [-0.3, -0.25) is 9.59 Å². The van der Waals surface area contributed by atoms with E-state index in [0.29, 0.717) is 35.2 Å². The topological polar surface area (TPSA) is 125 Å². The summed E-state index contributed by atoms with van der Waals surface area (Å²) in [6.45, 7) is 0.672. The van der Waals surface area contributed by atoms with Crippen molar-refractivity contribution in [1.82, 2.24) is 15.0 Å². The number of amides is 1. The standard InChI is InChI=1S/C24H26Cl2F3N3O5S3/c1-11(24(27,28)29)32-40(36,37)16-8-7-15(17(25)18(16)26)19-21(38-14-5-3-2-4-6-14)31-22(39-19)20(33)30-13-9-12(10-13)23(34)35/h7-8,11-14,32H,2-6,9-10H2,1H3,(H,30,33)(H,34,35)/t11-,12-,13-/m0/s1. The van der Waals surface area contributed by atoms with Gasteiger partial charge in [0, 0.05) is 16.9 Å². The van der Waals surface area contributed by atoms with Crippen LogP contribution in [0.4, 0.5) is 13.2 Å². The molecule has 1 aromatic heterocycles. The maximum Gasteiger partial charge on any atom is 0.404 e. The lowest BCUT2D eigenvalue weighted by Crippen LogP contribution is -2.46. The minimum atomic E-state index is -4.80. The van der Waals surface area contributed by atoms with Crippen molar-refractivity contribution in [2.45, 2.75) is 85.3 Å². The van der Waals surface area contributed by atoms with E-state index in [0.717, 1.165) is 49.5 Å². The Morgan fingerprint density at radius 1 is 1.15 bits per heavy atom. The lowest BCUT2D eigenvalue weighted by Gasteiger charge is -2.32. The zero-order chi connectivity index (χ0) is 29.4. The fourth-order valence-corrected chi connectivity index (χ4v) is 9.08. The van der Waals surface area contributed by atoms with Crippen molar-refractivity contribution in [3.05, 3.63) is 27.2 Å². The maximum atomic E-state index is 13.0. The molecule has 1 atom stereocenters. The van der Waals surface area contributed by atoms with Gasteiger partial charge in [-0.25, -0.2) is 13.4 Å². The first-order chi connectivity index (χ1) is 18.7. The number of hydrogen-bond acceptors (Lipinski definition) is 7. The third-order valence-electron chi connectivity index (χ3n) is 6.85. The molecule has 1 amide bonds. The number of carboxylic acid groups (broad SMARTS) is 1. The third kappa shape index (κ3) is 7.06. The molecule has 0 aliphatic heterocycles. The number of thiazole rings is 1. The zero-order valence-corrected chi connectivity index (χ0v) is 25.0. The van der Waals surface area contributed by atoms with Gasteiger partial charge < -0.3 is 10.4 Å². The molecule has 0 radical (unpaired) electrons. The van der Waals surface area contributed by atoms with Gasteiger partial charge in [0.15, 0.2) is 5.01 Å². The van der Waals surface area contributed by atoms with Crippen LogP contribution in [0.3, 0.4) is 0 Å². The summed E-state index contributed by atoms with van der Waals surface area (Å²) in [6, 6.07) is -0.229. The van der Waals surface area contributed by atoms with Gasteiger partial charge in [0.2, 0.25) is 10.0 Å². The number of halogens is 5. The number of benzene rings is 1. The van der Waals surface area contributed by atoms with E-state index in [1.54, 1.807) is 4.72 Å². The Kier molecular flexibility index (Phi) is 9.67. The molecule has 40 heavy (non-hydrogen) atoms. The number of nitrogens with zero attached hydrogens (tertiary/aromatic N) is 1. The second kappa shape index (κ2) is 12.3. The lowest BCUT2D eigenvalue weighted by atomic mass is 9.80. The molecule has 4 rings (SSSR count). The minimum absolute atomic E-state index is 0.122. The van der Waals surface area contributed by atoms with Crippen molar-refractivity contribution in [3.8, 4) is 10.4 Å². The van der Waals surface area contributed by atoms with E-state index in [1.807, 2.05) is 0 Å². The number of hydrogen-bond donors (Lipinski definition) is 3. The summed E-state index contributed by atoms with van der Waals surface area (Å²) < 4.78 is 65.8. The second-order valence-electron chi connectivity index (χ2n) is 9.83. The third-order valence-corrected chi connectivity index (χ3v) is 12.0. The number of carbonyl (C=O) groups excluding carboxylic acids is 1. The quantitative estimate of drug-likeness (QED) is 0.286. The summed E-state index contributed by atoms with van der Waals surface area (Å²) in [4.78, 5) is 28.5. The van der Waals surface area contributed by atoms with Gasteiger partial charge >= 0.3 is 12.1 Å². The number of alkyl halides is 3. The SMILES string of the molecule is C[C@H](NS(=O)(=O)c1ccc(-c2sc(C(=O)N[C@H]3C[C@H](C(=O)O)C3)nc2SC2CCCCC2)c(Cl)c1Cl)C(F)(F)F. The van der Waals surface area contributed by atoms with Crippen molar-refractivity contribution >= 4 is 68.2 Å². The molecule has 2 saturated carbocycles. The molecule has 8 nitrogen and oxygen atoms in total. The summed E-state index contributed by atoms with van der Waals surface area (Å²) in [5.41, 5.74) is 0.291. The number of aliphatic carboxylic acids is 1. The second-order valence-corrected chi connectivity index (χ2v) is 14.6. The number of thioether (sulfide) groups is 1. The number of nitrogens with one attached hydrogen (secondary N) is 2. The van der Waals surface area contributed by atoms with Crippen LogP contribution in [0.1, 0.15) is 61.7 Å². The van der Waals surface area contributed by atoms with Crippen molar-refractivity contribution < 1.29 is 36.3 Å². The molecule has 0 spiro atoms. The highest BCUT2D eigenvalue weighted by molar-refractivity contribution is 8.00. The summed E-state index contributed by atoms with van der Waals surface area (Å²) in [6.07, 6.45) is 0.989. The van der Waals surface area contributed by atoms with E-state index < -0.39 is 50.0 Å². The zero-order valence-electron chi connectivity index (χ0n) is 21.1. The number of carboxylic acids is 1. The van der Waals surface area contributed by atoms with Crippen molar-refractivity contribution in [3.63, 3.8) is 0 Å². The van der Waals surface area contributed by atoms with Gasteiger partial charge in [0.05, 0.1) is 20.8 Å². The first-order valence-electron chi connectivity index (χ1n) is 12.5. The van der Waals surface area contributed by atoms with Gasteiger partial charge in [-0.2, -0.15) is 17.9 Å². The predicted molar refractivity (Wildman–Crippen MR) is 148 cm³/mol. The summed E-state index contributed by atoms with van der Waals surface area (Å²) in [5, 5.41) is 12.1. The minimum Gasteiger partial charge on any atom is -0.481 e. The van der Waals surface area contributed by atoms with Crippen molar-refractivity contribution in [1.29, 1.82) is 0 Å². The normalized spacial score (nSPS) is 21.1. The van der Waals surface area contributed by atoms with Crippen LogP contribution in [0, 0.1) is 5.92 Å². The Morgan fingerprint density at radius 3 is 2.40 bits per heavy atom. The summed E-state index contributed by atoms with van der Waals surface area (Å²) in [5.74, 6) is -1.88. The average Bonchev–Trinajstić information content (AvgIpc) is 3.25. The van der Waals surface area contributed by atoms with Gasteiger partial charge in [-0.1, -0.05) is 48.5 Å². The fraction of sp³-hybridized carbons (Fsp3) is 0.542. The van der Waals surface area contributed by atoms with Gasteiger partial charge in [0.1, 0.15) is 16.0 Å². The first kappa shape index (κ1) is 31.4. The van der Waals surface area contributed by atoms with Gasteiger partial charge in [-0.15, -0.1) is 23.1 Å². The van der Waals surface area contributed by atoms with Crippen LogP contribution >= 0.6 is 46.3 Å². The van der Waals surface area contributed by atoms with Crippen LogP contribution in [0.2, 0.25) is 10.0 Å². The molecule has 2 fully saturated rings. The molecule has 2 aromatic rings. The van der Waals surface area contributed by atoms with E-state index >= 15 is 0 Å². The Bertz CT molecular complexity index is 1390. The summed E-state index contributed by atoms with van der Waals surface area (Å²) >= 11 is 15.3. The molecule has 1 aromatic carbocycles. The monoisotopic (exact) mass is 659 g/mol. The van der Waals surface area contributed by atoms with Crippen LogP contribution in [0.5, 0.6) is 0 Å². The van der Waals surface area contributed by atoms with E-state index in [2.05, 4.69) is 10.3 Å².